The first-order valence-corrected chi connectivity index (χ1v) is 6.77. The van der Waals surface area contributed by atoms with Gasteiger partial charge < -0.3 is 5.32 Å². The van der Waals surface area contributed by atoms with Gasteiger partial charge in [0.15, 0.2) is 0 Å². The van der Waals surface area contributed by atoms with E-state index in [0.29, 0.717) is 11.3 Å². The van der Waals surface area contributed by atoms with Gasteiger partial charge in [-0.3, -0.25) is 14.6 Å². The zero-order valence-corrected chi connectivity index (χ0v) is 12.0. The van der Waals surface area contributed by atoms with Crippen LogP contribution in [0.4, 0.5) is 10.1 Å². The highest BCUT2D eigenvalue weighted by Gasteiger charge is 2.13. The average Bonchev–Trinajstić information content (AvgIpc) is 3.10. The molecular weight excluding hydrogens is 309 g/mol. The Balaban J connectivity index is 1.70. The second-order valence-corrected chi connectivity index (χ2v) is 4.97. The zero-order chi connectivity index (χ0) is 15.5. The quantitative estimate of drug-likeness (QED) is 0.776. The average molecular weight is 320 g/mol. The van der Waals surface area contributed by atoms with Crippen molar-refractivity contribution < 1.29 is 9.18 Å². The van der Waals surface area contributed by atoms with Gasteiger partial charge in [0.25, 0.3) is 5.91 Å². The molecule has 2 heterocycles. The summed E-state index contributed by atoms with van der Waals surface area (Å²) >= 11 is 5.81. The molecule has 2 aromatic heterocycles. The minimum atomic E-state index is -0.423. The fourth-order valence-electron chi connectivity index (χ4n) is 1.94. The molecule has 0 fully saturated rings. The Morgan fingerprint density at radius 2 is 2.18 bits per heavy atom. The van der Waals surface area contributed by atoms with Crippen molar-refractivity contribution in [3.63, 3.8) is 0 Å². The van der Waals surface area contributed by atoms with E-state index < -0.39 is 5.91 Å². The Morgan fingerprint density at radius 3 is 2.91 bits per heavy atom. The van der Waals surface area contributed by atoms with E-state index in [4.69, 9.17) is 11.6 Å². The molecule has 0 saturated carbocycles. The van der Waals surface area contributed by atoms with Crippen LogP contribution in [0, 0.1) is 5.82 Å². The highest BCUT2D eigenvalue weighted by atomic mass is 35.5. The Morgan fingerprint density at radius 1 is 1.36 bits per heavy atom. The van der Waals surface area contributed by atoms with Gasteiger partial charge in [0.05, 0.1) is 29.6 Å². The van der Waals surface area contributed by atoms with E-state index >= 15 is 0 Å². The number of carbonyl (C=O) groups is 1. The van der Waals surface area contributed by atoms with Crippen LogP contribution in [0.2, 0.25) is 5.02 Å². The van der Waals surface area contributed by atoms with E-state index in [-0.39, 0.29) is 23.1 Å². The number of anilines is 1. The predicted octanol–water partition coefficient (Wildman–Crippen LogP) is 2.70. The van der Waals surface area contributed by atoms with E-state index in [1.807, 2.05) is 0 Å². The van der Waals surface area contributed by atoms with Gasteiger partial charge in [-0.1, -0.05) is 29.8 Å². The number of nitrogens with one attached hydrogen (secondary N) is 2. The molecule has 1 aromatic carbocycles. The summed E-state index contributed by atoms with van der Waals surface area (Å²) in [5.74, 6) is -0.722. The van der Waals surface area contributed by atoms with E-state index in [1.54, 1.807) is 24.4 Å². The third-order valence-electron chi connectivity index (χ3n) is 3.00. The van der Waals surface area contributed by atoms with Gasteiger partial charge in [-0.25, -0.2) is 4.39 Å². The van der Waals surface area contributed by atoms with Crippen molar-refractivity contribution >= 4 is 23.2 Å². The molecule has 0 unspecified atom stereocenters. The van der Waals surface area contributed by atoms with E-state index in [1.165, 1.54) is 23.1 Å². The number of hydrogen-bond donors (Lipinski definition) is 2. The van der Waals surface area contributed by atoms with Crippen LogP contribution in [0.1, 0.15) is 16.1 Å². The topological polar surface area (TPSA) is 75.6 Å². The molecule has 2 N–H and O–H groups in total. The lowest BCUT2D eigenvalue weighted by Gasteiger charge is -2.03. The number of aromatic nitrogens is 4. The molecule has 0 bridgehead atoms. The van der Waals surface area contributed by atoms with Crippen LogP contribution in [-0.4, -0.2) is 25.9 Å². The van der Waals surface area contributed by atoms with Crippen molar-refractivity contribution in [3.05, 3.63) is 65.0 Å². The summed E-state index contributed by atoms with van der Waals surface area (Å²) < 4.78 is 15.1. The summed E-state index contributed by atoms with van der Waals surface area (Å²) in [4.78, 5) is 12.0. The number of H-pyrrole nitrogens is 1. The molecule has 0 aliphatic carbocycles. The molecule has 8 heteroatoms. The molecule has 0 saturated heterocycles. The van der Waals surface area contributed by atoms with Crippen molar-refractivity contribution in [2.75, 3.05) is 5.32 Å². The molecule has 3 aromatic rings. The number of aromatic amines is 1. The van der Waals surface area contributed by atoms with Gasteiger partial charge in [0, 0.05) is 11.8 Å². The number of amides is 1. The molecule has 22 heavy (non-hydrogen) atoms. The molecule has 0 aliphatic rings. The van der Waals surface area contributed by atoms with Crippen LogP contribution in [-0.2, 0) is 6.54 Å². The Labute approximate surface area is 129 Å². The van der Waals surface area contributed by atoms with Crippen molar-refractivity contribution in [3.8, 4) is 0 Å². The summed E-state index contributed by atoms with van der Waals surface area (Å²) in [6, 6.07) is 6.45. The first-order valence-electron chi connectivity index (χ1n) is 6.39. The third-order valence-corrected chi connectivity index (χ3v) is 3.29. The maximum Gasteiger partial charge on any atom is 0.275 e. The molecule has 0 spiro atoms. The monoisotopic (exact) mass is 319 g/mol. The summed E-state index contributed by atoms with van der Waals surface area (Å²) in [6.45, 7) is 0.271. The minimum Gasteiger partial charge on any atom is -0.318 e. The van der Waals surface area contributed by atoms with Gasteiger partial charge in [-0.15, -0.1) is 0 Å². The largest absolute Gasteiger partial charge is 0.318 e. The maximum absolute atomic E-state index is 13.6. The Hall–Kier alpha value is -2.67. The minimum absolute atomic E-state index is 0.170. The number of nitrogens with zero attached hydrogens (tertiary/aromatic N) is 3. The van der Waals surface area contributed by atoms with Crippen LogP contribution >= 0.6 is 11.6 Å². The lowest BCUT2D eigenvalue weighted by molar-refractivity contribution is 0.102. The fraction of sp³-hybridized carbons (Fsp3) is 0.0714. The smallest absolute Gasteiger partial charge is 0.275 e. The summed E-state index contributed by atoms with van der Waals surface area (Å²) in [7, 11) is 0. The molecule has 3 rings (SSSR count). The highest BCUT2D eigenvalue weighted by Crippen LogP contribution is 2.15. The number of carbonyl (C=O) groups excluding carboxylic acids is 1. The predicted molar refractivity (Wildman–Crippen MR) is 79.3 cm³/mol. The standard InChI is InChI=1S/C14H11ClFN5O/c15-11-6-17-20-13(11)14(22)19-10-5-18-21(8-10)7-9-3-1-2-4-12(9)16/h1-6,8H,7H2,(H,17,20)(H,19,22). The van der Waals surface area contributed by atoms with Gasteiger partial charge in [0.2, 0.25) is 0 Å². The van der Waals surface area contributed by atoms with Gasteiger partial charge >= 0.3 is 0 Å². The first-order chi connectivity index (χ1) is 10.6. The number of benzene rings is 1. The van der Waals surface area contributed by atoms with Gasteiger partial charge in [-0.2, -0.15) is 10.2 Å². The molecule has 0 atom stereocenters. The number of halogens is 2. The van der Waals surface area contributed by atoms with Crippen LogP contribution in [0.5, 0.6) is 0 Å². The van der Waals surface area contributed by atoms with Crippen LogP contribution in [0.15, 0.2) is 42.9 Å². The molecule has 112 valence electrons. The molecule has 6 nitrogen and oxygen atoms in total. The molecular formula is C14H11ClFN5O. The Bertz CT molecular complexity index is 813. The SMILES string of the molecule is O=C(Nc1cnn(Cc2ccccc2F)c1)c1[nH]ncc1Cl. The van der Waals surface area contributed by atoms with Gasteiger partial charge in [-0.05, 0) is 6.07 Å². The van der Waals surface area contributed by atoms with E-state index in [2.05, 4.69) is 20.6 Å². The fourth-order valence-corrected chi connectivity index (χ4v) is 2.12. The van der Waals surface area contributed by atoms with Crippen molar-refractivity contribution in [1.82, 2.24) is 20.0 Å². The second-order valence-electron chi connectivity index (χ2n) is 4.57. The molecule has 0 aliphatic heterocycles. The third kappa shape index (κ3) is 2.99. The van der Waals surface area contributed by atoms with Crippen molar-refractivity contribution in [2.45, 2.75) is 6.54 Å². The summed E-state index contributed by atoms with van der Waals surface area (Å²) in [6.07, 6.45) is 4.43. The maximum atomic E-state index is 13.6. The zero-order valence-electron chi connectivity index (χ0n) is 11.3. The molecule has 1 amide bonds. The summed E-state index contributed by atoms with van der Waals surface area (Å²) in [5.41, 5.74) is 1.16. The van der Waals surface area contributed by atoms with Crippen LogP contribution < -0.4 is 5.32 Å². The second kappa shape index (κ2) is 5.98. The lowest BCUT2D eigenvalue weighted by Crippen LogP contribution is -2.12. The van der Waals surface area contributed by atoms with Crippen LogP contribution in [0.3, 0.4) is 0 Å². The van der Waals surface area contributed by atoms with Crippen LogP contribution in [0.25, 0.3) is 0 Å². The first kappa shape index (κ1) is 14.3. The summed E-state index contributed by atoms with van der Waals surface area (Å²) in [5, 5.41) is 13.1. The van der Waals surface area contributed by atoms with E-state index in [9.17, 15) is 9.18 Å². The highest BCUT2D eigenvalue weighted by molar-refractivity contribution is 6.34. The van der Waals surface area contributed by atoms with Crippen molar-refractivity contribution in [2.24, 2.45) is 0 Å². The van der Waals surface area contributed by atoms with Crippen molar-refractivity contribution in [1.29, 1.82) is 0 Å². The lowest BCUT2D eigenvalue weighted by atomic mass is 10.2. The number of hydrogen-bond acceptors (Lipinski definition) is 3. The normalized spacial score (nSPS) is 10.6. The number of rotatable bonds is 4. The van der Waals surface area contributed by atoms with E-state index in [0.717, 1.165) is 0 Å². The Kier molecular flexibility index (Phi) is 3.88. The van der Waals surface area contributed by atoms with Gasteiger partial charge in [0.1, 0.15) is 11.5 Å². The molecule has 0 radical (unpaired) electrons.